The lowest BCUT2D eigenvalue weighted by atomic mass is 10.3. The lowest BCUT2D eigenvalue weighted by Crippen LogP contribution is -2.07. The zero-order valence-corrected chi connectivity index (χ0v) is 11.2. The number of carbonyl (C=O) groups is 1. The first-order valence-electron chi connectivity index (χ1n) is 6.57. The highest BCUT2D eigenvalue weighted by Crippen LogP contribution is 2.09. The van der Waals surface area contributed by atoms with E-state index < -0.39 is 0 Å². The molecule has 2 aromatic carbocycles. The number of para-hydroxylation sites is 3. The Kier molecular flexibility index (Phi) is 3.69. The van der Waals surface area contributed by atoms with Gasteiger partial charge in [-0.05, 0) is 30.3 Å². The van der Waals surface area contributed by atoms with Crippen molar-refractivity contribution in [1.29, 1.82) is 0 Å². The van der Waals surface area contributed by atoms with E-state index in [2.05, 4.69) is 15.3 Å². The Morgan fingerprint density at radius 2 is 1.67 bits per heavy atom. The van der Waals surface area contributed by atoms with E-state index >= 15 is 0 Å². The Hall–Kier alpha value is -3.01. The third kappa shape index (κ3) is 3.30. The third-order valence-corrected chi connectivity index (χ3v) is 2.91. The predicted octanol–water partition coefficient (Wildman–Crippen LogP) is 3.28. The highest BCUT2D eigenvalue weighted by atomic mass is 16.1. The van der Waals surface area contributed by atoms with Gasteiger partial charge in [0.2, 0.25) is 5.91 Å². The molecule has 21 heavy (non-hydrogen) atoms. The van der Waals surface area contributed by atoms with Crippen molar-refractivity contribution in [2.24, 2.45) is 0 Å². The van der Waals surface area contributed by atoms with Crippen LogP contribution in [0.2, 0.25) is 0 Å². The number of fused-ring (bicyclic) bond motifs is 1. The van der Waals surface area contributed by atoms with Gasteiger partial charge in [-0.15, -0.1) is 0 Å². The maximum Gasteiger partial charge on any atom is 0.248 e. The molecule has 3 aromatic rings. The van der Waals surface area contributed by atoms with Crippen molar-refractivity contribution in [3.05, 3.63) is 72.6 Å². The number of carbonyl (C=O) groups excluding carboxylic acids is 1. The number of hydrogen-bond donors (Lipinski definition) is 1. The van der Waals surface area contributed by atoms with Crippen molar-refractivity contribution in [1.82, 2.24) is 9.97 Å². The summed E-state index contributed by atoms with van der Waals surface area (Å²) in [5.41, 5.74) is 3.06. The van der Waals surface area contributed by atoms with Crippen molar-refractivity contribution >= 4 is 28.7 Å². The van der Waals surface area contributed by atoms with E-state index in [0.29, 0.717) is 5.69 Å². The standard InChI is InChI=1S/C17H13N3O/c21-17(20-13-6-2-1-3-7-13)11-10-14-12-18-15-8-4-5-9-16(15)19-14/h1-12H,(H,20,21)/b11-10+. The summed E-state index contributed by atoms with van der Waals surface area (Å²) >= 11 is 0. The number of nitrogens with one attached hydrogen (secondary N) is 1. The van der Waals surface area contributed by atoms with Crippen LogP contribution in [-0.4, -0.2) is 15.9 Å². The normalized spacial score (nSPS) is 10.9. The van der Waals surface area contributed by atoms with Crippen LogP contribution in [-0.2, 0) is 4.79 Å². The molecule has 102 valence electrons. The molecule has 4 heteroatoms. The minimum absolute atomic E-state index is 0.198. The summed E-state index contributed by atoms with van der Waals surface area (Å²) in [5, 5.41) is 2.78. The van der Waals surface area contributed by atoms with Crippen LogP contribution in [0.3, 0.4) is 0 Å². The Labute approximate surface area is 122 Å². The van der Waals surface area contributed by atoms with Gasteiger partial charge in [0.05, 0.1) is 22.9 Å². The van der Waals surface area contributed by atoms with E-state index in [1.54, 1.807) is 12.3 Å². The highest BCUT2D eigenvalue weighted by molar-refractivity contribution is 6.01. The lowest BCUT2D eigenvalue weighted by Gasteiger charge is -2.01. The summed E-state index contributed by atoms with van der Waals surface area (Å²) < 4.78 is 0. The molecule has 1 N–H and O–H groups in total. The summed E-state index contributed by atoms with van der Waals surface area (Å²) in [6, 6.07) is 16.9. The summed E-state index contributed by atoms with van der Waals surface area (Å²) in [5.74, 6) is -0.198. The Balaban J connectivity index is 1.73. The Bertz CT molecular complexity index is 797. The van der Waals surface area contributed by atoms with Crippen molar-refractivity contribution < 1.29 is 4.79 Å². The second-order valence-electron chi connectivity index (χ2n) is 4.47. The number of nitrogens with zero attached hydrogens (tertiary/aromatic N) is 2. The fraction of sp³-hybridized carbons (Fsp3) is 0. The van der Waals surface area contributed by atoms with Gasteiger partial charge in [0.1, 0.15) is 0 Å². The largest absolute Gasteiger partial charge is 0.323 e. The van der Waals surface area contributed by atoms with Crippen molar-refractivity contribution in [2.75, 3.05) is 5.32 Å². The molecule has 0 saturated heterocycles. The zero-order chi connectivity index (χ0) is 14.5. The van der Waals surface area contributed by atoms with E-state index in [1.165, 1.54) is 6.08 Å². The van der Waals surface area contributed by atoms with Crippen LogP contribution in [0.1, 0.15) is 5.69 Å². The molecule has 0 bridgehead atoms. The van der Waals surface area contributed by atoms with Crippen LogP contribution in [0.25, 0.3) is 17.1 Å². The second kappa shape index (κ2) is 5.96. The molecule has 1 aromatic heterocycles. The summed E-state index contributed by atoms with van der Waals surface area (Å²) in [6.45, 7) is 0. The number of aromatic nitrogens is 2. The van der Waals surface area contributed by atoms with Crippen LogP contribution in [0, 0.1) is 0 Å². The molecule has 3 rings (SSSR count). The number of hydrogen-bond acceptors (Lipinski definition) is 3. The molecule has 1 amide bonds. The van der Waals surface area contributed by atoms with Crippen LogP contribution < -0.4 is 5.32 Å². The van der Waals surface area contributed by atoms with Gasteiger partial charge < -0.3 is 5.32 Å². The average molecular weight is 275 g/mol. The molecular weight excluding hydrogens is 262 g/mol. The molecular formula is C17H13N3O. The lowest BCUT2D eigenvalue weighted by molar-refractivity contribution is -0.111. The highest BCUT2D eigenvalue weighted by Gasteiger charge is 1.99. The van der Waals surface area contributed by atoms with E-state index in [4.69, 9.17) is 0 Å². The minimum atomic E-state index is -0.198. The quantitative estimate of drug-likeness (QED) is 0.746. The van der Waals surface area contributed by atoms with Crippen molar-refractivity contribution in [3.63, 3.8) is 0 Å². The summed E-state index contributed by atoms with van der Waals surface area (Å²) in [4.78, 5) is 20.5. The molecule has 0 saturated carbocycles. The third-order valence-electron chi connectivity index (χ3n) is 2.91. The van der Waals surface area contributed by atoms with E-state index in [9.17, 15) is 4.79 Å². The fourth-order valence-electron chi connectivity index (χ4n) is 1.92. The van der Waals surface area contributed by atoms with Gasteiger partial charge in [0.25, 0.3) is 0 Å². The van der Waals surface area contributed by atoms with Gasteiger partial charge in [-0.2, -0.15) is 0 Å². The fourth-order valence-corrected chi connectivity index (χ4v) is 1.92. The van der Waals surface area contributed by atoms with Gasteiger partial charge in [-0.1, -0.05) is 30.3 Å². The van der Waals surface area contributed by atoms with Crippen LogP contribution >= 0.6 is 0 Å². The Morgan fingerprint density at radius 1 is 0.952 bits per heavy atom. The van der Waals surface area contributed by atoms with Gasteiger partial charge in [-0.3, -0.25) is 9.78 Å². The van der Waals surface area contributed by atoms with Crippen molar-refractivity contribution in [3.8, 4) is 0 Å². The maximum absolute atomic E-state index is 11.8. The number of amides is 1. The molecule has 0 aliphatic carbocycles. The molecule has 0 radical (unpaired) electrons. The molecule has 1 heterocycles. The molecule has 0 fully saturated rings. The van der Waals surface area contributed by atoms with E-state index in [-0.39, 0.29) is 5.91 Å². The first kappa shape index (κ1) is 13.0. The van der Waals surface area contributed by atoms with Gasteiger partial charge in [0, 0.05) is 11.8 Å². The smallest absolute Gasteiger partial charge is 0.248 e. The molecule has 0 atom stereocenters. The van der Waals surface area contributed by atoms with Crippen LogP contribution in [0.5, 0.6) is 0 Å². The number of rotatable bonds is 3. The monoisotopic (exact) mass is 275 g/mol. The summed E-state index contributed by atoms with van der Waals surface area (Å²) in [6.07, 6.45) is 4.75. The first-order valence-corrected chi connectivity index (χ1v) is 6.57. The maximum atomic E-state index is 11.8. The minimum Gasteiger partial charge on any atom is -0.323 e. The van der Waals surface area contributed by atoms with Gasteiger partial charge >= 0.3 is 0 Å². The van der Waals surface area contributed by atoms with Crippen LogP contribution in [0.15, 0.2) is 66.9 Å². The average Bonchev–Trinajstić information content (AvgIpc) is 2.54. The molecule has 0 spiro atoms. The number of anilines is 1. The van der Waals surface area contributed by atoms with Gasteiger partial charge in [-0.25, -0.2) is 4.98 Å². The number of benzene rings is 2. The molecule has 0 unspecified atom stereocenters. The van der Waals surface area contributed by atoms with E-state index in [1.807, 2.05) is 54.6 Å². The SMILES string of the molecule is O=C(/C=C/c1cnc2ccccc2n1)Nc1ccccc1. The van der Waals surface area contributed by atoms with E-state index in [0.717, 1.165) is 16.7 Å². The molecule has 0 aliphatic rings. The Morgan fingerprint density at radius 3 is 2.48 bits per heavy atom. The predicted molar refractivity (Wildman–Crippen MR) is 83.6 cm³/mol. The topological polar surface area (TPSA) is 54.9 Å². The van der Waals surface area contributed by atoms with Crippen molar-refractivity contribution in [2.45, 2.75) is 0 Å². The first-order chi connectivity index (χ1) is 10.3. The molecule has 0 aliphatic heterocycles. The van der Waals surface area contributed by atoms with Gasteiger partial charge in [0.15, 0.2) is 0 Å². The molecule has 4 nitrogen and oxygen atoms in total. The second-order valence-corrected chi connectivity index (χ2v) is 4.47. The van der Waals surface area contributed by atoms with Crippen LogP contribution in [0.4, 0.5) is 5.69 Å². The zero-order valence-electron chi connectivity index (χ0n) is 11.2. The summed E-state index contributed by atoms with van der Waals surface area (Å²) in [7, 11) is 0.